The van der Waals surface area contributed by atoms with Gasteiger partial charge in [0, 0.05) is 19.3 Å². The van der Waals surface area contributed by atoms with Crippen molar-refractivity contribution < 1.29 is 9.53 Å². The van der Waals surface area contributed by atoms with Crippen LogP contribution in [0.4, 0.5) is 0 Å². The van der Waals surface area contributed by atoms with Crippen molar-refractivity contribution in [1.82, 2.24) is 9.13 Å². The molecule has 116 valence electrons. The van der Waals surface area contributed by atoms with E-state index < -0.39 is 17.2 Å². The maximum Gasteiger partial charge on any atom is 0.331 e. The number of hydrogen-bond donors (Lipinski definition) is 0. The maximum absolute atomic E-state index is 11.9. The summed E-state index contributed by atoms with van der Waals surface area (Å²) in [6.45, 7) is 3.90. The van der Waals surface area contributed by atoms with E-state index in [2.05, 4.69) is 13.8 Å². The van der Waals surface area contributed by atoms with Crippen molar-refractivity contribution in [1.29, 1.82) is 0 Å². The van der Waals surface area contributed by atoms with Gasteiger partial charge in [-0.1, -0.05) is 26.0 Å². The highest BCUT2D eigenvalue weighted by atomic mass is 16.5. The van der Waals surface area contributed by atoms with Crippen molar-refractivity contribution in [3.8, 4) is 5.75 Å². The Bertz CT molecular complexity index is 785. The molecule has 6 heteroatoms. The van der Waals surface area contributed by atoms with Crippen LogP contribution >= 0.6 is 0 Å². The topological polar surface area (TPSA) is 70.3 Å². The number of aromatic nitrogens is 2. The monoisotopic (exact) mass is 302 g/mol. The Morgan fingerprint density at radius 1 is 1.14 bits per heavy atom. The molecule has 0 aliphatic rings. The summed E-state index contributed by atoms with van der Waals surface area (Å²) < 4.78 is 7.26. The average molecular weight is 302 g/mol. The molecular formula is C16H18N2O4. The maximum atomic E-state index is 11.9. The first-order chi connectivity index (χ1) is 10.4. The first-order valence-electron chi connectivity index (χ1n) is 6.95. The Kier molecular flexibility index (Phi) is 4.60. The zero-order valence-electron chi connectivity index (χ0n) is 12.8. The van der Waals surface area contributed by atoms with Crippen molar-refractivity contribution in [3.63, 3.8) is 0 Å². The summed E-state index contributed by atoms with van der Waals surface area (Å²) >= 11 is 0. The summed E-state index contributed by atoms with van der Waals surface area (Å²) in [7, 11) is 1.36. The van der Waals surface area contributed by atoms with Crippen LogP contribution in [-0.2, 0) is 18.4 Å². The lowest BCUT2D eigenvalue weighted by atomic mass is 10.0. The fraction of sp³-hybridized carbons (Fsp3) is 0.312. The minimum Gasteiger partial charge on any atom is -0.425 e. The van der Waals surface area contributed by atoms with E-state index in [0.717, 1.165) is 14.7 Å². The number of hydrogen-bond acceptors (Lipinski definition) is 4. The molecule has 0 saturated heterocycles. The summed E-state index contributed by atoms with van der Waals surface area (Å²) in [4.78, 5) is 35.0. The Hall–Kier alpha value is -2.63. The summed E-state index contributed by atoms with van der Waals surface area (Å²) in [5, 5.41) is 0. The Labute approximate surface area is 127 Å². The minimum atomic E-state index is -0.571. The van der Waals surface area contributed by atoms with Crippen LogP contribution in [0.2, 0.25) is 0 Å². The van der Waals surface area contributed by atoms with E-state index in [1.165, 1.54) is 19.3 Å². The molecule has 0 saturated carbocycles. The smallest absolute Gasteiger partial charge is 0.331 e. The fourth-order valence-electron chi connectivity index (χ4n) is 1.96. The second-order valence-corrected chi connectivity index (χ2v) is 5.32. The van der Waals surface area contributed by atoms with Crippen LogP contribution in [0.1, 0.15) is 25.3 Å². The van der Waals surface area contributed by atoms with E-state index in [1.54, 1.807) is 12.1 Å². The molecule has 1 heterocycles. The molecule has 2 aromatic rings. The van der Waals surface area contributed by atoms with Gasteiger partial charge in [-0.25, -0.2) is 9.59 Å². The van der Waals surface area contributed by atoms with Gasteiger partial charge in [0.1, 0.15) is 12.3 Å². The predicted molar refractivity (Wildman–Crippen MR) is 82.1 cm³/mol. The van der Waals surface area contributed by atoms with Gasteiger partial charge in [-0.05, 0) is 23.6 Å². The number of nitrogens with zero attached hydrogens (tertiary/aromatic N) is 2. The molecule has 0 aliphatic heterocycles. The summed E-state index contributed by atoms with van der Waals surface area (Å²) in [6, 6.07) is 8.46. The first kappa shape index (κ1) is 15.8. The summed E-state index contributed by atoms with van der Waals surface area (Å²) in [5.74, 6) is 0.249. The molecule has 0 unspecified atom stereocenters. The minimum absolute atomic E-state index is 0.251. The van der Waals surface area contributed by atoms with Gasteiger partial charge in [-0.2, -0.15) is 0 Å². The number of ether oxygens (including phenoxy) is 1. The van der Waals surface area contributed by atoms with Crippen molar-refractivity contribution in [2.75, 3.05) is 0 Å². The lowest BCUT2D eigenvalue weighted by molar-refractivity contribution is -0.135. The molecule has 0 atom stereocenters. The number of carbonyl (C=O) groups is 1. The highest BCUT2D eigenvalue weighted by molar-refractivity contribution is 5.72. The third kappa shape index (κ3) is 3.52. The SMILES string of the molecule is CC(C)c1ccc(OC(=O)Cn2ccc(=O)n(C)c2=O)cc1. The molecule has 1 aromatic heterocycles. The molecule has 0 radical (unpaired) electrons. The highest BCUT2D eigenvalue weighted by Crippen LogP contribution is 2.18. The molecule has 6 nitrogen and oxygen atoms in total. The lowest BCUT2D eigenvalue weighted by Crippen LogP contribution is -2.38. The number of esters is 1. The van der Waals surface area contributed by atoms with Crippen LogP contribution in [0.3, 0.4) is 0 Å². The zero-order chi connectivity index (χ0) is 16.3. The van der Waals surface area contributed by atoms with E-state index in [1.807, 2.05) is 12.1 Å². The van der Waals surface area contributed by atoms with Crippen LogP contribution in [0.15, 0.2) is 46.1 Å². The Morgan fingerprint density at radius 3 is 2.36 bits per heavy atom. The molecule has 1 aromatic carbocycles. The molecule has 0 aliphatic carbocycles. The second kappa shape index (κ2) is 6.43. The fourth-order valence-corrected chi connectivity index (χ4v) is 1.96. The van der Waals surface area contributed by atoms with Gasteiger partial charge in [0.2, 0.25) is 0 Å². The van der Waals surface area contributed by atoms with E-state index in [9.17, 15) is 14.4 Å². The standard InChI is InChI=1S/C16H18N2O4/c1-11(2)12-4-6-13(7-5-12)22-15(20)10-18-9-8-14(19)17(3)16(18)21/h4-9,11H,10H2,1-3H3. The molecule has 0 amide bonds. The van der Waals surface area contributed by atoms with Crippen molar-refractivity contribution >= 4 is 5.97 Å². The number of carbonyl (C=O) groups excluding carboxylic acids is 1. The lowest BCUT2D eigenvalue weighted by Gasteiger charge is -2.09. The van der Waals surface area contributed by atoms with E-state index in [0.29, 0.717) is 11.7 Å². The Balaban J connectivity index is 2.09. The van der Waals surface area contributed by atoms with E-state index in [-0.39, 0.29) is 6.54 Å². The first-order valence-corrected chi connectivity index (χ1v) is 6.95. The zero-order valence-corrected chi connectivity index (χ0v) is 12.8. The van der Waals surface area contributed by atoms with Crippen LogP contribution in [-0.4, -0.2) is 15.1 Å². The summed E-state index contributed by atoms with van der Waals surface area (Å²) in [5.41, 5.74) is 0.174. The largest absolute Gasteiger partial charge is 0.425 e. The van der Waals surface area contributed by atoms with Gasteiger partial charge in [-0.3, -0.25) is 13.9 Å². The molecule has 0 bridgehead atoms. The summed E-state index contributed by atoms with van der Waals surface area (Å²) in [6.07, 6.45) is 1.29. The van der Waals surface area contributed by atoms with Crippen molar-refractivity contribution in [2.24, 2.45) is 7.05 Å². The van der Waals surface area contributed by atoms with Gasteiger partial charge in [0.25, 0.3) is 5.56 Å². The molecule has 0 fully saturated rings. The third-order valence-corrected chi connectivity index (χ3v) is 3.34. The van der Waals surface area contributed by atoms with Gasteiger partial charge < -0.3 is 4.74 Å². The number of benzene rings is 1. The normalized spacial score (nSPS) is 10.7. The van der Waals surface area contributed by atoms with Crippen LogP contribution in [0.25, 0.3) is 0 Å². The molecule has 2 rings (SSSR count). The third-order valence-electron chi connectivity index (χ3n) is 3.34. The number of rotatable bonds is 4. The quantitative estimate of drug-likeness (QED) is 0.630. The van der Waals surface area contributed by atoms with Gasteiger partial charge in [0.15, 0.2) is 0 Å². The van der Waals surface area contributed by atoms with Crippen molar-refractivity contribution in [2.45, 2.75) is 26.3 Å². The van der Waals surface area contributed by atoms with Crippen LogP contribution in [0.5, 0.6) is 5.75 Å². The highest BCUT2D eigenvalue weighted by Gasteiger charge is 2.09. The second-order valence-electron chi connectivity index (χ2n) is 5.32. The van der Waals surface area contributed by atoms with Crippen molar-refractivity contribution in [3.05, 3.63) is 62.9 Å². The van der Waals surface area contributed by atoms with E-state index in [4.69, 9.17) is 4.74 Å². The Morgan fingerprint density at radius 2 is 1.77 bits per heavy atom. The molecule has 22 heavy (non-hydrogen) atoms. The molecular weight excluding hydrogens is 284 g/mol. The van der Waals surface area contributed by atoms with Gasteiger partial charge >= 0.3 is 11.7 Å². The average Bonchev–Trinajstić information content (AvgIpc) is 2.48. The molecule has 0 spiro atoms. The predicted octanol–water partition coefficient (Wildman–Crippen LogP) is 1.28. The van der Waals surface area contributed by atoms with Crippen LogP contribution < -0.4 is 16.0 Å². The molecule has 0 N–H and O–H groups in total. The van der Waals surface area contributed by atoms with Crippen LogP contribution in [0, 0.1) is 0 Å². The van der Waals surface area contributed by atoms with Gasteiger partial charge in [0.05, 0.1) is 0 Å². The van der Waals surface area contributed by atoms with E-state index >= 15 is 0 Å². The van der Waals surface area contributed by atoms with Gasteiger partial charge in [-0.15, -0.1) is 0 Å².